The Balaban J connectivity index is 2.04. The van der Waals surface area contributed by atoms with Crippen molar-refractivity contribution in [3.8, 4) is 0 Å². The van der Waals surface area contributed by atoms with E-state index in [9.17, 15) is 4.79 Å². The fourth-order valence-corrected chi connectivity index (χ4v) is 2.19. The van der Waals surface area contributed by atoms with Crippen molar-refractivity contribution in [2.75, 3.05) is 37.4 Å². The first-order chi connectivity index (χ1) is 8.99. The van der Waals surface area contributed by atoms with Crippen molar-refractivity contribution in [3.05, 3.63) is 23.8 Å². The molecule has 0 aliphatic carbocycles. The zero-order valence-electron chi connectivity index (χ0n) is 12.2. The topological polar surface area (TPSA) is 44.4 Å². The van der Waals surface area contributed by atoms with Crippen LogP contribution in [0.3, 0.4) is 0 Å². The Morgan fingerprint density at radius 2 is 2.11 bits per heavy atom. The number of amides is 1. The maximum absolute atomic E-state index is 12.2. The highest BCUT2D eigenvalue weighted by Crippen LogP contribution is 2.23. The third-order valence-corrected chi connectivity index (χ3v) is 3.92. The Hall–Kier alpha value is -1.55. The largest absolute Gasteiger partial charge is 0.378 e. The van der Waals surface area contributed by atoms with Crippen LogP contribution in [0.15, 0.2) is 18.2 Å². The minimum atomic E-state index is 0.0641. The molecule has 0 bridgehead atoms. The van der Waals surface area contributed by atoms with Crippen LogP contribution in [-0.4, -0.2) is 33.1 Å². The molecule has 0 radical (unpaired) electrons. The SMILES string of the molecule is Cc1cc(N(C)C)ccc1NC(=O)C(C)C1CNC1. The number of rotatable bonds is 4. The van der Waals surface area contributed by atoms with Gasteiger partial charge in [-0.3, -0.25) is 4.79 Å². The van der Waals surface area contributed by atoms with Crippen LogP contribution < -0.4 is 15.5 Å². The molecule has 1 atom stereocenters. The molecule has 0 aromatic heterocycles. The molecule has 0 spiro atoms. The van der Waals surface area contributed by atoms with E-state index in [4.69, 9.17) is 0 Å². The van der Waals surface area contributed by atoms with Gasteiger partial charge in [-0.05, 0) is 49.7 Å². The van der Waals surface area contributed by atoms with E-state index in [1.165, 1.54) is 0 Å². The second kappa shape index (κ2) is 5.61. The van der Waals surface area contributed by atoms with Gasteiger partial charge < -0.3 is 15.5 Å². The Morgan fingerprint density at radius 3 is 2.58 bits per heavy atom. The van der Waals surface area contributed by atoms with Gasteiger partial charge in [-0.2, -0.15) is 0 Å². The number of anilines is 2. The summed E-state index contributed by atoms with van der Waals surface area (Å²) in [5.74, 6) is 0.655. The fourth-order valence-electron chi connectivity index (χ4n) is 2.19. The molecule has 4 nitrogen and oxygen atoms in total. The van der Waals surface area contributed by atoms with Crippen LogP contribution in [0.5, 0.6) is 0 Å². The van der Waals surface area contributed by atoms with Gasteiger partial charge in [0.15, 0.2) is 0 Å². The molecule has 1 aliphatic heterocycles. The maximum Gasteiger partial charge on any atom is 0.227 e. The quantitative estimate of drug-likeness (QED) is 0.869. The van der Waals surface area contributed by atoms with E-state index in [0.717, 1.165) is 30.0 Å². The van der Waals surface area contributed by atoms with E-state index in [1.807, 2.05) is 40.1 Å². The van der Waals surface area contributed by atoms with Crippen LogP contribution >= 0.6 is 0 Å². The van der Waals surface area contributed by atoms with Crippen molar-refractivity contribution in [3.63, 3.8) is 0 Å². The molecule has 1 heterocycles. The van der Waals surface area contributed by atoms with E-state index >= 15 is 0 Å². The lowest BCUT2D eigenvalue weighted by molar-refractivity contribution is -0.121. The lowest BCUT2D eigenvalue weighted by Gasteiger charge is -2.31. The molecule has 4 heteroatoms. The molecule has 1 aromatic carbocycles. The van der Waals surface area contributed by atoms with Gasteiger partial charge in [-0.15, -0.1) is 0 Å². The molecule has 1 aliphatic rings. The Labute approximate surface area is 115 Å². The van der Waals surface area contributed by atoms with Crippen molar-refractivity contribution < 1.29 is 4.79 Å². The first-order valence-electron chi connectivity index (χ1n) is 6.78. The average molecular weight is 261 g/mol. The van der Waals surface area contributed by atoms with E-state index in [2.05, 4.69) is 21.6 Å². The van der Waals surface area contributed by atoms with Gasteiger partial charge in [0, 0.05) is 31.4 Å². The summed E-state index contributed by atoms with van der Waals surface area (Å²) in [5, 5.41) is 6.25. The second-order valence-electron chi connectivity index (χ2n) is 5.59. The van der Waals surface area contributed by atoms with Crippen LogP contribution in [-0.2, 0) is 4.79 Å². The van der Waals surface area contributed by atoms with Crippen LogP contribution in [0.2, 0.25) is 0 Å². The number of benzene rings is 1. The molecule has 1 amide bonds. The predicted octanol–water partition coefficient (Wildman–Crippen LogP) is 1.86. The monoisotopic (exact) mass is 261 g/mol. The summed E-state index contributed by atoms with van der Waals surface area (Å²) in [5.41, 5.74) is 3.15. The molecular formula is C15H23N3O. The first-order valence-corrected chi connectivity index (χ1v) is 6.78. The number of hydrogen-bond donors (Lipinski definition) is 2. The van der Waals surface area contributed by atoms with E-state index in [1.54, 1.807) is 0 Å². The zero-order valence-corrected chi connectivity index (χ0v) is 12.2. The van der Waals surface area contributed by atoms with Crippen molar-refractivity contribution >= 4 is 17.3 Å². The third kappa shape index (κ3) is 3.07. The summed E-state index contributed by atoms with van der Waals surface area (Å²) in [6, 6.07) is 6.09. The van der Waals surface area contributed by atoms with Gasteiger partial charge in [0.1, 0.15) is 0 Å². The Morgan fingerprint density at radius 1 is 1.42 bits per heavy atom. The third-order valence-electron chi connectivity index (χ3n) is 3.92. The number of aryl methyl sites for hydroxylation is 1. The Bertz CT molecular complexity index is 466. The Kier molecular flexibility index (Phi) is 4.10. The van der Waals surface area contributed by atoms with Crippen LogP contribution in [0.25, 0.3) is 0 Å². The summed E-state index contributed by atoms with van der Waals surface area (Å²) in [6.45, 7) is 5.93. The molecule has 1 fully saturated rings. The summed E-state index contributed by atoms with van der Waals surface area (Å²) >= 11 is 0. The normalized spacial score (nSPS) is 16.6. The first kappa shape index (κ1) is 13.9. The summed E-state index contributed by atoms with van der Waals surface area (Å²) in [6.07, 6.45) is 0. The van der Waals surface area contributed by atoms with Crippen LogP contribution in [0.4, 0.5) is 11.4 Å². The van der Waals surface area contributed by atoms with E-state index < -0.39 is 0 Å². The number of nitrogens with one attached hydrogen (secondary N) is 2. The summed E-state index contributed by atoms with van der Waals surface area (Å²) in [7, 11) is 4.03. The molecule has 104 valence electrons. The molecule has 1 saturated heterocycles. The highest BCUT2D eigenvalue weighted by atomic mass is 16.1. The highest BCUT2D eigenvalue weighted by molar-refractivity contribution is 5.93. The van der Waals surface area contributed by atoms with Gasteiger partial charge in [-0.1, -0.05) is 6.92 Å². The molecule has 19 heavy (non-hydrogen) atoms. The zero-order chi connectivity index (χ0) is 14.0. The molecule has 2 N–H and O–H groups in total. The minimum Gasteiger partial charge on any atom is -0.378 e. The molecule has 0 saturated carbocycles. The molecule has 1 unspecified atom stereocenters. The molecule has 2 rings (SSSR count). The van der Waals surface area contributed by atoms with Crippen LogP contribution in [0, 0.1) is 18.8 Å². The lowest BCUT2D eigenvalue weighted by atomic mass is 9.88. The standard InChI is InChI=1S/C15H23N3O/c1-10-7-13(18(3)4)5-6-14(10)17-15(19)11(2)12-8-16-9-12/h5-7,11-12,16H,8-9H2,1-4H3,(H,17,19). The van der Waals surface area contributed by atoms with Gasteiger partial charge in [0.25, 0.3) is 0 Å². The molecular weight excluding hydrogens is 238 g/mol. The van der Waals surface area contributed by atoms with E-state index in [-0.39, 0.29) is 11.8 Å². The smallest absolute Gasteiger partial charge is 0.227 e. The average Bonchev–Trinajstić information content (AvgIpc) is 2.29. The van der Waals surface area contributed by atoms with Gasteiger partial charge in [0.2, 0.25) is 5.91 Å². The van der Waals surface area contributed by atoms with Crippen molar-refractivity contribution in [1.82, 2.24) is 5.32 Å². The van der Waals surface area contributed by atoms with Crippen LogP contribution in [0.1, 0.15) is 12.5 Å². The number of carbonyl (C=O) groups is 1. The predicted molar refractivity (Wildman–Crippen MR) is 79.7 cm³/mol. The van der Waals surface area contributed by atoms with Gasteiger partial charge >= 0.3 is 0 Å². The minimum absolute atomic E-state index is 0.0641. The maximum atomic E-state index is 12.2. The fraction of sp³-hybridized carbons (Fsp3) is 0.533. The van der Waals surface area contributed by atoms with Gasteiger partial charge in [0.05, 0.1) is 0 Å². The summed E-state index contributed by atoms with van der Waals surface area (Å²) < 4.78 is 0. The summed E-state index contributed by atoms with van der Waals surface area (Å²) in [4.78, 5) is 14.2. The number of carbonyl (C=O) groups excluding carboxylic acids is 1. The van der Waals surface area contributed by atoms with Crippen molar-refractivity contribution in [1.29, 1.82) is 0 Å². The highest BCUT2D eigenvalue weighted by Gasteiger charge is 2.28. The lowest BCUT2D eigenvalue weighted by Crippen LogP contribution is -2.48. The number of hydrogen-bond acceptors (Lipinski definition) is 3. The number of nitrogens with zero attached hydrogens (tertiary/aromatic N) is 1. The second-order valence-corrected chi connectivity index (χ2v) is 5.59. The van der Waals surface area contributed by atoms with Crippen molar-refractivity contribution in [2.24, 2.45) is 11.8 Å². The van der Waals surface area contributed by atoms with E-state index in [0.29, 0.717) is 5.92 Å². The molecule has 1 aromatic rings. The van der Waals surface area contributed by atoms with Gasteiger partial charge in [-0.25, -0.2) is 0 Å². The van der Waals surface area contributed by atoms with Crippen molar-refractivity contribution in [2.45, 2.75) is 13.8 Å².